The van der Waals surface area contributed by atoms with E-state index in [4.69, 9.17) is 0 Å². The SMILES string of the molecule is CN1CCNCC12CCNC(=O)CC2. The van der Waals surface area contributed by atoms with Crippen molar-refractivity contribution in [2.75, 3.05) is 33.2 Å². The number of piperazine rings is 1. The molecule has 0 aromatic rings. The third-order valence-electron chi connectivity index (χ3n) is 3.62. The van der Waals surface area contributed by atoms with Gasteiger partial charge in [0.1, 0.15) is 0 Å². The number of amides is 1. The Kier molecular flexibility index (Phi) is 2.74. The fourth-order valence-electron chi connectivity index (χ4n) is 2.49. The van der Waals surface area contributed by atoms with Crippen molar-refractivity contribution in [2.45, 2.75) is 24.8 Å². The summed E-state index contributed by atoms with van der Waals surface area (Å²) in [5.41, 5.74) is 0.220. The normalized spacial score (nSPS) is 35.4. The first-order valence-electron chi connectivity index (χ1n) is 5.42. The third-order valence-corrected chi connectivity index (χ3v) is 3.62. The van der Waals surface area contributed by atoms with Crippen LogP contribution < -0.4 is 10.6 Å². The zero-order chi connectivity index (χ0) is 10.0. The van der Waals surface area contributed by atoms with Crippen molar-refractivity contribution in [3.8, 4) is 0 Å². The van der Waals surface area contributed by atoms with E-state index in [0.717, 1.165) is 39.0 Å². The number of hydrogen-bond donors (Lipinski definition) is 2. The lowest BCUT2D eigenvalue weighted by molar-refractivity contribution is -0.121. The molecule has 1 atom stereocenters. The molecule has 2 aliphatic heterocycles. The molecule has 0 bridgehead atoms. The molecule has 0 saturated carbocycles. The molecule has 2 N–H and O–H groups in total. The average molecular weight is 197 g/mol. The number of carbonyl (C=O) groups excluding carboxylic acids is 1. The van der Waals surface area contributed by atoms with Gasteiger partial charge in [-0.1, -0.05) is 0 Å². The third kappa shape index (κ3) is 1.77. The summed E-state index contributed by atoms with van der Waals surface area (Å²) in [6.45, 7) is 4.01. The van der Waals surface area contributed by atoms with Gasteiger partial charge in [-0.25, -0.2) is 0 Å². The molecule has 2 heterocycles. The minimum atomic E-state index is 0.209. The quantitative estimate of drug-likeness (QED) is 0.553. The summed E-state index contributed by atoms with van der Waals surface area (Å²) in [6.07, 6.45) is 2.73. The molecule has 2 fully saturated rings. The van der Waals surface area contributed by atoms with Crippen LogP contribution in [-0.2, 0) is 4.79 Å². The van der Waals surface area contributed by atoms with Crippen LogP contribution in [0, 0.1) is 0 Å². The van der Waals surface area contributed by atoms with Crippen molar-refractivity contribution in [1.82, 2.24) is 15.5 Å². The van der Waals surface area contributed by atoms with E-state index in [9.17, 15) is 4.79 Å². The molecule has 0 radical (unpaired) electrons. The molecular weight excluding hydrogens is 178 g/mol. The molecule has 2 aliphatic rings. The largest absolute Gasteiger partial charge is 0.356 e. The van der Waals surface area contributed by atoms with Crippen molar-refractivity contribution in [2.24, 2.45) is 0 Å². The van der Waals surface area contributed by atoms with Crippen LogP contribution in [0.15, 0.2) is 0 Å². The van der Waals surface area contributed by atoms with Crippen molar-refractivity contribution in [1.29, 1.82) is 0 Å². The molecule has 1 spiro atoms. The Bertz CT molecular complexity index is 231. The summed E-state index contributed by atoms with van der Waals surface area (Å²) >= 11 is 0. The van der Waals surface area contributed by atoms with Gasteiger partial charge in [0.05, 0.1) is 0 Å². The van der Waals surface area contributed by atoms with E-state index in [-0.39, 0.29) is 11.4 Å². The molecule has 0 aromatic carbocycles. The highest BCUT2D eigenvalue weighted by Crippen LogP contribution is 2.27. The molecule has 4 heteroatoms. The highest BCUT2D eigenvalue weighted by Gasteiger charge is 2.37. The van der Waals surface area contributed by atoms with Gasteiger partial charge >= 0.3 is 0 Å². The summed E-state index contributed by atoms with van der Waals surface area (Å²) in [7, 11) is 2.18. The number of nitrogens with zero attached hydrogens (tertiary/aromatic N) is 1. The Morgan fingerprint density at radius 1 is 1.36 bits per heavy atom. The molecule has 2 rings (SSSR count). The first kappa shape index (κ1) is 9.93. The van der Waals surface area contributed by atoms with Crippen LogP contribution in [0.2, 0.25) is 0 Å². The van der Waals surface area contributed by atoms with Crippen LogP contribution in [0.5, 0.6) is 0 Å². The molecule has 1 amide bonds. The van der Waals surface area contributed by atoms with Crippen LogP contribution >= 0.6 is 0 Å². The zero-order valence-electron chi connectivity index (χ0n) is 8.81. The monoisotopic (exact) mass is 197 g/mol. The van der Waals surface area contributed by atoms with Crippen LogP contribution in [0.25, 0.3) is 0 Å². The van der Waals surface area contributed by atoms with Crippen molar-refractivity contribution < 1.29 is 4.79 Å². The van der Waals surface area contributed by atoms with Crippen molar-refractivity contribution in [3.05, 3.63) is 0 Å². The molecule has 0 aromatic heterocycles. The average Bonchev–Trinajstić information content (AvgIpc) is 2.36. The lowest BCUT2D eigenvalue weighted by atomic mass is 9.87. The van der Waals surface area contributed by atoms with E-state index in [2.05, 4.69) is 22.6 Å². The van der Waals surface area contributed by atoms with E-state index >= 15 is 0 Å². The summed E-state index contributed by atoms with van der Waals surface area (Å²) in [4.78, 5) is 13.7. The molecule has 4 nitrogen and oxygen atoms in total. The lowest BCUT2D eigenvalue weighted by Gasteiger charge is -2.45. The lowest BCUT2D eigenvalue weighted by Crippen LogP contribution is -2.59. The molecule has 1 unspecified atom stereocenters. The number of carbonyl (C=O) groups is 1. The highest BCUT2D eigenvalue weighted by atomic mass is 16.1. The standard InChI is InChI=1S/C10H19N3O/c1-13-7-6-11-8-10(13)3-2-9(14)12-5-4-10/h11H,2-8H2,1H3,(H,12,14). The molecule has 0 aliphatic carbocycles. The van der Waals surface area contributed by atoms with E-state index < -0.39 is 0 Å². The second-order valence-corrected chi connectivity index (χ2v) is 4.42. The summed E-state index contributed by atoms with van der Waals surface area (Å²) in [6, 6.07) is 0. The van der Waals surface area contributed by atoms with Gasteiger partial charge in [-0.3, -0.25) is 9.69 Å². The fraction of sp³-hybridized carbons (Fsp3) is 0.900. The van der Waals surface area contributed by atoms with Crippen molar-refractivity contribution in [3.63, 3.8) is 0 Å². The van der Waals surface area contributed by atoms with E-state index in [1.807, 2.05) is 0 Å². The second kappa shape index (κ2) is 3.87. The maximum Gasteiger partial charge on any atom is 0.220 e. The first-order valence-corrected chi connectivity index (χ1v) is 5.42. The predicted molar refractivity (Wildman–Crippen MR) is 55.1 cm³/mol. The number of likely N-dealkylation sites (N-methyl/N-ethyl adjacent to an activating group) is 1. The maximum atomic E-state index is 11.3. The summed E-state index contributed by atoms with van der Waals surface area (Å²) in [5, 5.41) is 6.38. The number of hydrogen-bond acceptors (Lipinski definition) is 3. The Hall–Kier alpha value is -0.610. The zero-order valence-corrected chi connectivity index (χ0v) is 8.81. The summed E-state index contributed by atoms with van der Waals surface area (Å²) in [5.74, 6) is 0.209. The van der Waals surface area contributed by atoms with Gasteiger partial charge in [-0.2, -0.15) is 0 Å². The molecule has 2 saturated heterocycles. The van der Waals surface area contributed by atoms with E-state index in [0.29, 0.717) is 6.42 Å². The number of rotatable bonds is 0. The van der Waals surface area contributed by atoms with Gasteiger partial charge in [-0.05, 0) is 19.9 Å². The van der Waals surface area contributed by atoms with Crippen LogP contribution in [-0.4, -0.2) is 49.6 Å². The second-order valence-electron chi connectivity index (χ2n) is 4.42. The maximum absolute atomic E-state index is 11.3. The van der Waals surface area contributed by atoms with E-state index in [1.165, 1.54) is 0 Å². The van der Waals surface area contributed by atoms with Gasteiger partial charge in [0, 0.05) is 38.1 Å². The first-order chi connectivity index (χ1) is 6.73. The van der Waals surface area contributed by atoms with Gasteiger partial charge in [-0.15, -0.1) is 0 Å². The smallest absolute Gasteiger partial charge is 0.220 e. The van der Waals surface area contributed by atoms with Gasteiger partial charge in [0.15, 0.2) is 0 Å². The Balaban J connectivity index is 2.08. The van der Waals surface area contributed by atoms with Crippen LogP contribution in [0.4, 0.5) is 0 Å². The highest BCUT2D eigenvalue weighted by molar-refractivity contribution is 5.76. The number of nitrogens with one attached hydrogen (secondary N) is 2. The predicted octanol–water partition coefficient (Wildman–Crippen LogP) is -0.440. The van der Waals surface area contributed by atoms with Gasteiger partial charge in [0.2, 0.25) is 5.91 Å². The van der Waals surface area contributed by atoms with Gasteiger partial charge < -0.3 is 10.6 Å². The summed E-state index contributed by atoms with van der Waals surface area (Å²) < 4.78 is 0. The minimum Gasteiger partial charge on any atom is -0.356 e. The molecule has 14 heavy (non-hydrogen) atoms. The van der Waals surface area contributed by atoms with E-state index in [1.54, 1.807) is 0 Å². The Labute approximate surface area is 85.0 Å². The molecular formula is C10H19N3O. The Morgan fingerprint density at radius 2 is 2.21 bits per heavy atom. The van der Waals surface area contributed by atoms with Crippen molar-refractivity contribution >= 4 is 5.91 Å². The Morgan fingerprint density at radius 3 is 3.00 bits per heavy atom. The van der Waals surface area contributed by atoms with Gasteiger partial charge in [0.25, 0.3) is 0 Å². The van der Waals surface area contributed by atoms with Crippen LogP contribution in [0.1, 0.15) is 19.3 Å². The topological polar surface area (TPSA) is 44.4 Å². The fourth-order valence-corrected chi connectivity index (χ4v) is 2.49. The van der Waals surface area contributed by atoms with Crippen LogP contribution in [0.3, 0.4) is 0 Å². The molecule has 80 valence electrons. The minimum absolute atomic E-state index is 0.209.